The molecule has 2 aromatic rings. The van der Waals surface area contributed by atoms with Crippen molar-refractivity contribution in [2.75, 3.05) is 5.75 Å². The van der Waals surface area contributed by atoms with Crippen LogP contribution in [-0.4, -0.2) is 33.7 Å². The van der Waals surface area contributed by atoms with Gasteiger partial charge in [0.15, 0.2) is 5.17 Å². The maximum atomic E-state index is 13.9. The number of aliphatic imine (C=N–C) groups is 1. The average Bonchev–Trinajstić information content (AvgIpc) is 3.17. The van der Waals surface area contributed by atoms with Crippen molar-refractivity contribution in [3.63, 3.8) is 0 Å². The van der Waals surface area contributed by atoms with E-state index in [-0.39, 0.29) is 46.9 Å². The first-order valence-electron chi connectivity index (χ1n) is 9.64. The molecule has 7 rings (SSSR count). The number of hydrogen-bond acceptors (Lipinski definition) is 4. The lowest BCUT2D eigenvalue weighted by Crippen LogP contribution is -2.64. The SMILES string of the molecule is O=C1CSC(N2NC(=O)CC3(CC4c5ccccc5C3c3ccccc34)C2=O)=N1. The van der Waals surface area contributed by atoms with Gasteiger partial charge in [0.2, 0.25) is 5.91 Å². The molecule has 5 aliphatic rings. The molecule has 29 heavy (non-hydrogen) atoms. The van der Waals surface area contributed by atoms with Gasteiger partial charge in [0, 0.05) is 18.3 Å². The Morgan fingerprint density at radius 3 is 2.17 bits per heavy atom. The molecule has 7 heteroatoms. The summed E-state index contributed by atoms with van der Waals surface area (Å²) in [6, 6.07) is 16.5. The van der Waals surface area contributed by atoms with Gasteiger partial charge in [0.05, 0.1) is 11.2 Å². The zero-order valence-corrected chi connectivity index (χ0v) is 16.2. The number of amidine groups is 1. The molecule has 2 aromatic carbocycles. The van der Waals surface area contributed by atoms with E-state index in [0.29, 0.717) is 6.42 Å². The largest absolute Gasteiger partial charge is 0.273 e. The standard InChI is InChI=1S/C22H17N3O3S/c26-17-10-22(20(28)25(24-17)21-23-18(27)11-29-21)9-16-12-5-1-3-7-14(12)19(22)15-8-4-2-6-13(15)16/h1-8,16,19H,9-11H2,(H,24,26). The molecule has 6 nitrogen and oxygen atoms in total. The van der Waals surface area contributed by atoms with E-state index in [1.54, 1.807) is 0 Å². The molecular weight excluding hydrogens is 386 g/mol. The Morgan fingerprint density at radius 2 is 1.59 bits per heavy atom. The highest BCUT2D eigenvalue weighted by molar-refractivity contribution is 8.14. The summed E-state index contributed by atoms with van der Waals surface area (Å²) in [5.74, 6) is -0.591. The molecule has 2 heterocycles. The van der Waals surface area contributed by atoms with Crippen molar-refractivity contribution >= 4 is 34.7 Å². The van der Waals surface area contributed by atoms with Gasteiger partial charge in [-0.1, -0.05) is 60.3 Å². The number of amides is 3. The molecule has 1 fully saturated rings. The second kappa shape index (κ2) is 5.79. The van der Waals surface area contributed by atoms with Crippen LogP contribution < -0.4 is 5.43 Å². The first-order valence-corrected chi connectivity index (χ1v) is 10.6. The van der Waals surface area contributed by atoms with Crippen LogP contribution in [0.2, 0.25) is 0 Å². The Morgan fingerprint density at radius 1 is 0.966 bits per heavy atom. The van der Waals surface area contributed by atoms with E-state index in [9.17, 15) is 14.4 Å². The summed E-state index contributed by atoms with van der Waals surface area (Å²) in [4.78, 5) is 42.2. The van der Waals surface area contributed by atoms with Crippen molar-refractivity contribution in [1.82, 2.24) is 10.4 Å². The van der Waals surface area contributed by atoms with Gasteiger partial charge in [0.1, 0.15) is 0 Å². The van der Waals surface area contributed by atoms with Crippen LogP contribution in [0.1, 0.15) is 46.9 Å². The van der Waals surface area contributed by atoms with Gasteiger partial charge in [-0.05, 0) is 28.7 Å². The van der Waals surface area contributed by atoms with Crippen molar-refractivity contribution < 1.29 is 14.4 Å². The molecule has 1 spiro atoms. The van der Waals surface area contributed by atoms with Crippen molar-refractivity contribution in [3.05, 3.63) is 70.8 Å². The van der Waals surface area contributed by atoms with Crippen LogP contribution in [0.4, 0.5) is 0 Å². The topological polar surface area (TPSA) is 78.8 Å². The number of nitrogens with zero attached hydrogens (tertiary/aromatic N) is 2. The number of rotatable bonds is 0. The Labute approximate surface area is 171 Å². The highest BCUT2D eigenvalue weighted by Crippen LogP contribution is 2.63. The normalized spacial score (nSPS) is 29.6. The number of carbonyl (C=O) groups is 3. The zero-order chi connectivity index (χ0) is 19.8. The molecule has 1 saturated heterocycles. The molecule has 3 amide bonds. The van der Waals surface area contributed by atoms with E-state index in [1.807, 2.05) is 24.3 Å². The van der Waals surface area contributed by atoms with E-state index >= 15 is 0 Å². The third kappa shape index (κ3) is 2.19. The minimum atomic E-state index is -0.871. The Balaban J connectivity index is 1.55. The van der Waals surface area contributed by atoms with Crippen LogP contribution in [0.5, 0.6) is 0 Å². The minimum Gasteiger partial charge on any atom is -0.273 e. The molecule has 3 aliphatic carbocycles. The Hall–Kier alpha value is -2.93. The zero-order valence-electron chi connectivity index (χ0n) is 15.4. The van der Waals surface area contributed by atoms with Crippen LogP contribution in [0.25, 0.3) is 0 Å². The summed E-state index contributed by atoms with van der Waals surface area (Å²) in [5.41, 5.74) is 6.52. The van der Waals surface area contributed by atoms with Crippen LogP contribution in [0, 0.1) is 5.41 Å². The van der Waals surface area contributed by atoms with Crippen molar-refractivity contribution in [3.8, 4) is 0 Å². The number of thioether (sulfide) groups is 1. The number of nitrogens with one attached hydrogen (secondary N) is 1. The van der Waals surface area contributed by atoms with E-state index in [0.717, 1.165) is 11.1 Å². The fourth-order valence-electron chi connectivity index (χ4n) is 5.55. The molecule has 2 bridgehead atoms. The number of hydrazine groups is 1. The predicted octanol–water partition coefficient (Wildman–Crippen LogP) is 2.55. The molecule has 1 unspecified atom stereocenters. The van der Waals surface area contributed by atoms with Gasteiger partial charge in [-0.2, -0.15) is 10.0 Å². The summed E-state index contributed by atoms with van der Waals surface area (Å²) >= 11 is 1.19. The molecule has 0 radical (unpaired) electrons. The summed E-state index contributed by atoms with van der Waals surface area (Å²) in [5, 5.41) is 1.50. The van der Waals surface area contributed by atoms with Crippen LogP contribution in [-0.2, 0) is 14.4 Å². The number of carbonyl (C=O) groups excluding carboxylic acids is 3. The van der Waals surface area contributed by atoms with E-state index in [2.05, 4.69) is 34.7 Å². The second-order valence-corrected chi connectivity index (χ2v) is 8.98. The van der Waals surface area contributed by atoms with Crippen LogP contribution in [0.15, 0.2) is 53.5 Å². The molecule has 2 aliphatic heterocycles. The van der Waals surface area contributed by atoms with Crippen LogP contribution in [0.3, 0.4) is 0 Å². The molecule has 1 N–H and O–H groups in total. The van der Waals surface area contributed by atoms with Gasteiger partial charge in [-0.3, -0.25) is 19.8 Å². The van der Waals surface area contributed by atoms with Gasteiger partial charge >= 0.3 is 0 Å². The van der Waals surface area contributed by atoms with E-state index in [1.165, 1.54) is 27.9 Å². The molecule has 0 saturated carbocycles. The minimum absolute atomic E-state index is 0.0731. The van der Waals surface area contributed by atoms with Crippen molar-refractivity contribution in [2.45, 2.75) is 24.7 Å². The maximum absolute atomic E-state index is 13.9. The molecule has 0 aromatic heterocycles. The van der Waals surface area contributed by atoms with Gasteiger partial charge in [-0.25, -0.2) is 0 Å². The third-order valence-corrected chi connectivity index (χ3v) is 7.49. The summed E-state index contributed by atoms with van der Waals surface area (Å²) in [6.07, 6.45) is 0.721. The second-order valence-electron chi connectivity index (χ2n) is 8.03. The van der Waals surface area contributed by atoms with E-state index in [4.69, 9.17) is 0 Å². The van der Waals surface area contributed by atoms with Gasteiger partial charge in [0.25, 0.3) is 11.8 Å². The quantitative estimate of drug-likeness (QED) is 0.733. The summed E-state index contributed by atoms with van der Waals surface area (Å²) < 4.78 is 0. The fourth-order valence-corrected chi connectivity index (χ4v) is 6.29. The number of hydrogen-bond donors (Lipinski definition) is 1. The maximum Gasteiger partial charge on any atom is 0.258 e. The van der Waals surface area contributed by atoms with Gasteiger partial charge < -0.3 is 0 Å². The smallest absolute Gasteiger partial charge is 0.258 e. The fraction of sp³-hybridized carbons (Fsp3) is 0.273. The van der Waals surface area contributed by atoms with E-state index < -0.39 is 5.41 Å². The van der Waals surface area contributed by atoms with Crippen molar-refractivity contribution in [2.24, 2.45) is 10.4 Å². The van der Waals surface area contributed by atoms with Crippen molar-refractivity contribution in [1.29, 1.82) is 0 Å². The third-order valence-electron chi connectivity index (χ3n) is 6.56. The lowest BCUT2D eigenvalue weighted by molar-refractivity contribution is -0.156. The lowest BCUT2D eigenvalue weighted by Gasteiger charge is -2.54. The predicted molar refractivity (Wildman–Crippen MR) is 108 cm³/mol. The monoisotopic (exact) mass is 403 g/mol. The highest BCUT2D eigenvalue weighted by Gasteiger charge is 2.61. The Kier molecular flexibility index (Phi) is 3.39. The summed E-state index contributed by atoms with van der Waals surface area (Å²) in [6.45, 7) is 0. The van der Waals surface area contributed by atoms with Crippen LogP contribution >= 0.6 is 11.8 Å². The highest BCUT2D eigenvalue weighted by atomic mass is 32.2. The van der Waals surface area contributed by atoms with Gasteiger partial charge in [-0.15, -0.1) is 0 Å². The lowest BCUT2D eigenvalue weighted by atomic mass is 9.50. The summed E-state index contributed by atoms with van der Waals surface area (Å²) in [7, 11) is 0. The average molecular weight is 403 g/mol. The number of benzene rings is 2. The molecular formula is C22H17N3O3S. The molecule has 144 valence electrons. The first-order chi connectivity index (χ1) is 14.1. The Bertz CT molecular complexity index is 1100. The molecule has 1 atom stereocenters. The first kappa shape index (κ1) is 17.0.